The van der Waals surface area contributed by atoms with Crippen LogP contribution in [0.15, 0.2) is 35.6 Å². The fourth-order valence-corrected chi connectivity index (χ4v) is 5.30. The summed E-state index contributed by atoms with van der Waals surface area (Å²) in [6.45, 7) is 0. The number of fused-ring (bicyclic) bond motifs is 3. The maximum absolute atomic E-state index is 12.3. The van der Waals surface area contributed by atoms with Crippen LogP contribution in [0.5, 0.6) is 0 Å². The normalized spacial score (nSPS) is 13.0. The van der Waals surface area contributed by atoms with Crippen LogP contribution < -0.4 is 10.2 Å². The number of thiophene rings is 1. The average molecular weight is 385 g/mol. The quantitative estimate of drug-likeness (QED) is 0.533. The largest absolute Gasteiger partial charge is 0.378 e. The van der Waals surface area contributed by atoms with E-state index in [2.05, 4.69) is 15.3 Å². The molecule has 1 aliphatic rings. The van der Waals surface area contributed by atoms with Gasteiger partial charge in [0.1, 0.15) is 16.2 Å². The van der Waals surface area contributed by atoms with Crippen molar-refractivity contribution in [1.82, 2.24) is 9.97 Å². The second kappa shape index (κ2) is 7.25. The number of carbonyl (C=O) groups excluding carboxylic acids is 1. The molecule has 4 rings (SSSR count). The van der Waals surface area contributed by atoms with E-state index < -0.39 is 0 Å². The van der Waals surface area contributed by atoms with E-state index in [1.807, 2.05) is 43.3 Å². The third kappa shape index (κ3) is 3.41. The first-order chi connectivity index (χ1) is 12.6. The highest BCUT2D eigenvalue weighted by Gasteiger charge is 2.21. The Hall–Kier alpha value is -2.12. The number of benzene rings is 1. The summed E-state index contributed by atoms with van der Waals surface area (Å²) in [4.78, 5) is 25.7. The Morgan fingerprint density at radius 1 is 1.23 bits per heavy atom. The Bertz CT molecular complexity index is 950. The molecule has 1 aromatic carbocycles. The lowest BCUT2D eigenvalue weighted by Gasteiger charge is -2.13. The highest BCUT2D eigenvalue weighted by atomic mass is 32.2. The molecule has 26 heavy (non-hydrogen) atoms. The fourth-order valence-electron chi connectivity index (χ4n) is 3.18. The first-order valence-electron chi connectivity index (χ1n) is 8.57. The van der Waals surface area contributed by atoms with Gasteiger partial charge in [0.25, 0.3) is 0 Å². The van der Waals surface area contributed by atoms with Gasteiger partial charge in [-0.25, -0.2) is 9.97 Å². The molecule has 7 heteroatoms. The first kappa shape index (κ1) is 17.3. The van der Waals surface area contributed by atoms with Gasteiger partial charge < -0.3 is 10.2 Å². The van der Waals surface area contributed by atoms with Gasteiger partial charge in [0.2, 0.25) is 5.91 Å². The number of thioether (sulfide) groups is 1. The molecule has 1 amide bonds. The predicted octanol–water partition coefficient (Wildman–Crippen LogP) is 3.98. The summed E-state index contributed by atoms with van der Waals surface area (Å²) < 4.78 is 0. The molecule has 134 valence electrons. The highest BCUT2D eigenvalue weighted by Crippen LogP contribution is 2.39. The second-order valence-corrected chi connectivity index (χ2v) is 8.54. The molecule has 1 aliphatic carbocycles. The van der Waals surface area contributed by atoms with Gasteiger partial charge in [-0.1, -0.05) is 11.8 Å². The zero-order valence-electron chi connectivity index (χ0n) is 14.8. The minimum atomic E-state index is -0.0220. The maximum atomic E-state index is 12.3. The van der Waals surface area contributed by atoms with Crippen molar-refractivity contribution in [3.63, 3.8) is 0 Å². The molecule has 0 atom stereocenters. The van der Waals surface area contributed by atoms with E-state index in [0.717, 1.165) is 39.5 Å². The Labute approximate surface area is 160 Å². The number of nitrogens with one attached hydrogen (secondary N) is 1. The summed E-state index contributed by atoms with van der Waals surface area (Å²) in [6, 6.07) is 7.83. The summed E-state index contributed by atoms with van der Waals surface area (Å²) in [5.74, 6) is 0.317. The van der Waals surface area contributed by atoms with Crippen LogP contribution in [0, 0.1) is 0 Å². The lowest BCUT2D eigenvalue weighted by atomic mass is 10.2. The SMILES string of the molecule is CN(C)c1ccc(NC(=O)CSc2ncnc3sc4c(c23)CCC4)cc1. The summed E-state index contributed by atoms with van der Waals surface area (Å²) in [7, 11) is 3.99. The van der Waals surface area contributed by atoms with E-state index in [1.165, 1.54) is 28.6 Å². The van der Waals surface area contributed by atoms with Crippen molar-refractivity contribution >= 4 is 50.6 Å². The molecule has 2 heterocycles. The lowest BCUT2D eigenvalue weighted by Crippen LogP contribution is -2.14. The van der Waals surface area contributed by atoms with Crippen LogP contribution in [0.3, 0.4) is 0 Å². The summed E-state index contributed by atoms with van der Waals surface area (Å²) >= 11 is 3.26. The van der Waals surface area contributed by atoms with Gasteiger partial charge in [-0.3, -0.25) is 4.79 Å². The van der Waals surface area contributed by atoms with Gasteiger partial charge in [-0.15, -0.1) is 11.3 Å². The van der Waals surface area contributed by atoms with Crippen molar-refractivity contribution in [2.45, 2.75) is 24.3 Å². The third-order valence-electron chi connectivity index (χ3n) is 4.47. The van der Waals surface area contributed by atoms with Crippen LogP contribution in [-0.4, -0.2) is 35.7 Å². The molecule has 0 aliphatic heterocycles. The van der Waals surface area contributed by atoms with Gasteiger partial charge in [0.05, 0.1) is 5.75 Å². The highest BCUT2D eigenvalue weighted by molar-refractivity contribution is 8.00. The second-order valence-electron chi connectivity index (χ2n) is 6.49. The molecule has 0 spiro atoms. The molecular formula is C19H20N4OS2. The van der Waals surface area contributed by atoms with E-state index in [0.29, 0.717) is 5.75 Å². The van der Waals surface area contributed by atoms with E-state index in [1.54, 1.807) is 17.7 Å². The fraction of sp³-hybridized carbons (Fsp3) is 0.316. The van der Waals surface area contributed by atoms with Gasteiger partial charge >= 0.3 is 0 Å². The minimum Gasteiger partial charge on any atom is -0.378 e. The molecule has 3 aromatic rings. The molecule has 0 fully saturated rings. The van der Waals surface area contributed by atoms with Crippen LogP contribution in [0.2, 0.25) is 0 Å². The molecule has 1 N–H and O–H groups in total. The Kier molecular flexibility index (Phi) is 4.82. The van der Waals surface area contributed by atoms with Crippen LogP contribution in [0.25, 0.3) is 10.2 Å². The number of carbonyl (C=O) groups is 1. The van der Waals surface area contributed by atoms with Gasteiger partial charge in [-0.2, -0.15) is 0 Å². The molecule has 0 saturated carbocycles. The summed E-state index contributed by atoms with van der Waals surface area (Å²) in [6.07, 6.45) is 5.05. The van der Waals surface area contributed by atoms with Gasteiger partial charge in [0, 0.05) is 35.7 Å². The lowest BCUT2D eigenvalue weighted by molar-refractivity contribution is -0.113. The standard InChI is InChI=1S/C19H20N4OS2/c1-23(2)13-8-6-12(7-9-13)22-16(24)10-25-18-17-14-4-3-5-15(14)26-19(17)21-11-20-18/h6-9,11H,3-5,10H2,1-2H3,(H,22,24). The topological polar surface area (TPSA) is 58.1 Å². The molecule has 0 unspecified atom stereocenters. The summed E-state index contributed by atoms with van der Waals surface area (Å²) in [5, 5.41) is 5.04. The van der Waals surface area contributed by atoms with Gasteiger partial charge in [-0.05, 0) is 49.1 Å². The number of anilines is 2. The van der Waals surface area contributed by atoms with E-state index >= 15 is 0 Å². The molecule has 0 radical (unpaired) electrons. The van der Waals surface area contributed by atoms with Crippen molar-refractivity contribution < 1.29 is 4.79 Å². The van der Waals surface area contributed by atoms with E-state index in [4.69, 9.17) is 0 Å². The number of aromatic nitrogens is 2. The number of nitrogens with zero attached hydrogens (tertiary/aromatic N) is 3. The molecule has 0 bridgehead atoms. The van der Waals surface area contributed by atoms with Crippen LogP contribution >= 0.6 is 23.1 Å². The van der Waals surface area contributed by atoms with Crippen LogP contribution in [0.4, 0.5) is 11.4 Å². The van der Waals surface area contributed by atoms with Crippen molar-refractivity contribution in [1.29, 1.82) is 0 Å². The Morgan fingerprint density at radius 3 is 2.81 bits per heavy atom. The minimum absolute atomic E-state index is 0.0220. The third-order valence-corrected chi connectivity index (χ3v) is 6.66. The monoisotopic (exact) mass is 384 g/mol. The molecular weight excluding hydrogens is 364 g/mol. The van der Waals surface area contributed by atoms with Crippen LogP contribution in [-0.2, 0) is 17.6 Å². The Morgan fingerprint density at radius 2 is 2.04 bits per heavy atom. The molecule has 2 aromatic heterocycles. The number of amides is 1. The number of aryl methyl sites for hydroxylation is 2. The molecule has 0 saturated heterocycles. The van der Waals surface area contributed by atoms with E-state index in [-0.39, 0.29) is 5.91 Å². The zero-order valence-corrected chi connectivity index (χ0v) is 16.4. The molecule has 5 nitrogen and oxygen atoms in total. The number of hydrogen-bond acceptors (Lipinski definition) is 6. The summed E-state index contributed by atoms with van der Waals surface area (Å²) in [5.41, 5.74) is 3.31. The van der Waals surface area contributed by atoms with Gasteiger partial charge in [0.15, 0.2) is 0 Å². The van der Waals surface area contributed by atoms with Crippen molar-refractivity contribution in [2.75, 3.05) is 30.1 Å². The first-order valence-corrected chi connectivity index (χ1v) is 10.4. The van der Waals surface area contributed by atoms with Crippen molar-refractivity contribution in [3.05, 3.63) is 41.0 Å². The smallest absolute Gasteiger partial charge is 0.234 e. The average Bonchev–Trinajstić information content (AvgIpc) is 3.21. The number of hydrogen-bond donors (Lipinski definition) is 1. The Balaban J connectivity index is 1.44. The van der Waals surface area contributed by atoms with Crippen molar-refractivity contribution in [2.24, 2.45) is 0 Å². The van der Waals surface area contributed by atoms with E-state index in [9.17, 15) is 4.79 Å². The van der Waals surface area contributed by atoms with Crippen molar-refractivity contribution in [3.8, 4) is 0 Å². The maximum Gasteiger partial charge on any atom is 0.234 e. The zero-order chi connectivity index (χ0) is 18.1. The number of rotatable bonds is 5. The van der Waals surface area contributed by atoms with Crippen LogP contribution in [0.1, 0.15) is 16.9 Å². The predicted molar refractivity (Wildman–Crippen MR) is 110 cm³/mol.